The largest absolute Gasteiger partial charge is 0.356 e. The van der Waals surface area contributed by atoms with Crippen molar-refractivity contribution in [3.8, 4) is 0 Å². The van der Waals surface area contributed by atoms with Gasteiger partial charge in [0.15, 0.2) is 5.78 Å². The third-order valence-electron chi connectivity index (χ3n) is 4.64. The van der Waals surface area contributed by atoms with Crippen molar-refractivity contribution in [1.29, 1.82) is 0 Å². The van der Waals surface area contributed by atoms with Gasteiger partial charge in [-0.1, -0.05) is 26.3 Å². The van der Waals surface area contributed by atoms with Gasteiger partial charge in [-0.05, 0) is 57.6 Å². The molecule has 1 atom stereocenters. The smallest absolute Gasteiger partial charge is 0.223 e. The molecule has 1 aliphatic carbocycles. The molecule has 1 amide bonds. The van der Waals surface area contributed by atoms with E-state index in [0.29, 0.717) is 5.92 Å². The van der Waals surface area contributed by atoms with Crippen LogP contribution in [0.4, 0.5) is 0 Å². The lowest BCUT2D eigenvalue weighted by molar-refractivity contribution is -0.126. The Hall–Kier alpha value is -1.16. The Bertz CT molecular complexity index is 360. The van der Waals surface area contributed by atoms with Crippen LogP contribution in [0.25, 0.3) is 0 Å². The Balaban J connectivity index is 2.18. The van der Waals surface area contributed by atoms with Crippen LogP contribution in [-0.2, 0) is 9.59 Å². The van der Waals surface area contributed by atoms with Gasteiger partial charge in [0.25, 0.3) is 0 Å². The summed E-state index contributed by atoms with van der Waals surface area (Å²) < 4.78 is 0. The first kappa shape index (κ1) is 18.9. The Morgan fingerprint density at radius 2 is 1.91 bits per heavy atom. The first-order valence-electron chi connectivity index (χ1n) is 8.75. The molecule has 0 aromatic heterocycles. The molecule has 22 heavy (non-hydrogen) atoms. The molecular weight excluding hydrogens is 276 g/mol. The van der Waals surface area contributed by atoms with E-state index in [0.717, 1.165) is 45.2 Å². The fraction of sp³-hybridized carbons (Fsp3) is 0.778. The van der Waals surface area contributed by atoms with Gasteiger partial charge in [-0.15, -0.1) is 0 Å². The lowest BCUT2D eigenvalue weighted by atomic mass is 9.81. The summed E-state index contributed by atoms with van der Waals surface area (Å²) >= 11 is 0. The Morgan fingerprint density at radius 1 is 1.23 bits per heavy atom. The molecule has 1 fully saturated rings. The highest BCUT2D eigenvalue weighted by atomic mass is 16.1. The van der Waals surface area contributed by atoms with Crippen molar-refractivity contribution in [3.05, 3.63) is 12.7 Å². The van der Waals surface area contributed by atoms with Gasteiger partial charge in [0, 0.05) is 12.5 Å². The summed E-state index contributed by atoms with van der Waals surface area (Å²) in [5.74, 6) is 1.03. The molecule has 0 saturated heterocycles. The van der Waals surface area contributed by atoms with E-state index in [1.54, 1.807) is 0 Å². The molecule has 1 rings (SSSR count). The minimum absolute atomic E-state index is 0.0418. The Labute approximate surface area is 135 Å². The average Bonchev–Trinajstić information content (AvgIpc) is 2.56. The summed E-state index contributed by atoms with van der Waals surface area (Å²) in [6.45, 7) is 9.22. The van der Waals surface area contributed by atoms with Crippen molar-refractivity contribution in [3.63, 3.8) is 0 Å². The van der Waals surface area contributed by atoms with E-state index in [9.17, 15) is 9.59 Å². The van der Waals surface area contributed by atoms with Gasteiger partial charge in [-0.25, -0.2) is 0 Å². The summed E-state index contributed by atoms with van der Waals surface area (Å²) in [6.07, 6.45) is 8.88. The zero-order valence-electron chi connectivity index (χ0n) is 14.2. The van der Waals surface area contributed by atoms with Gasteiger partial charge in [-0.3, -0.25) is 9.59 Å². The third-order valence-corrected chi connectivity index (χ3v) is 4.64. The van der Waals surface area contributed by atoms with Crippen molar-refractivity contribution < 1.29 is 9.59 Å². The molecule has 0 radical (unpaired) electrons. The quantitative estimate of drug-likeness (QED) is 0.482. The van der Waals surface area contributed by atoms with E-state index >= 15 is 0 Å². The van der Waals surface area contributed by atoms with E-state index < -0.39 is 0 Å². The predicted molar refractivity (Wildman–Crippen MR) is 90.7 cm³/mol. The molecule has 4 heteroatoms. The van der Waals surface area contributed by atoms with Crippen LogP contribution in [0.2, 0.25) is 0 Å². The minimum Gasteiger partial charge on any atom is -0.356 e. The zero-order chi connectivity index (χ0) is 16.4. The molecule has 0 bridgehead atoms. The van der Waals surface area contributed by atoms with Crippen LogP contribution in [0, 0.1) is 11.8 Å². The van der Waals surface area contributed by atoms with Crippen LogP contribution >= 0.6 is 0 Å². The first-order chi connectivity index (χ1) is 10.6. The molecule has 0 aliphatic heterocycles. The van der Waals surface area contributed by atoms with E-state index in [2.05, 4.69) is 24.1 Å². The maximum atomic E-state index is 12.1. The van der Waals surface area contributed by atoms with E-state index in [1.807, 2.05) is 6.92 Å². The van der Waals surface area contributed by atoms with Crippen molar-refractivity contribution in [2.24, 2.45) is 11.8 Å². The number of carbonyl (C=O) groups is 2. The number of nitrogens with one attached hydrogen (secondary N) is 2. The molecular formula is C18H32N2O2. The van der Waals surface area contributed by atoms with Crippen LogP contribution in [0.1, 0.15) is 58.8 Å². The highest BCUT2D eigenvalue weighted by Gasteiger charge is 2.26. The van der Waals surface area contributed by atoms with E-state index in [1.165, 1.54) is 18.9 Å². The topological polar surface area (TPSA) is 58.2 Å². The van der Waals surface area contributed by atoms with Crippen molar-refractivity contribution in [2.45, 2.75) is 64.8 Å². The molecule has 0 aromatic carbocycles. The van der Waals surface area contributed by atoms with Crippen LogP contribution in [0.15, 0.2) is 12.7 Å². The van der Waals surface area contributed by atoms with Crippen LogP contribution < -0.4 is 10.6 Å². The van der Waals surface area contributed by atoms with Gasteiger partial charge in [0.05, 0.1) is 6.04 Å². The van der Waals surface area contributed by atoms with Crippen molar-refractivity contribution >= 4 is 11.7 Å². The number of amides is 1. The molecule has 4 nitrogen and oxygen atoms in total. The lowest BCUT2D eigenvalue weighted by Crippen LogP contribution is -2.39. The number of hydrogen-bond donors (Lipinski definition) is 2. The minimum atomic E-state index is -0.155. The number of rotatable bonds is 10. The second-order valence-electron chi connectivity index (χ2n) is 6.45. The third kappa shape index (κ3) is 6.73. The van der Waals surface area contributed by atoms with Crippen molar-refractivity contribution in [2.75, 3.05) is 13.1 Å². The molecule has 2 N–H and O–H groups in total. The predicted octanol–water partition coefficient (Wildman–Crippen LogP) is 2.83. The second kappa shape index (κ2) is 10.5. The fourth-order valence-corrected chi connectivity index (χ4v) is 2.98. The Morgan fingerprint density at radius 3 is 2.50 bits per heavy atom. The maximum absolute atomic E-state index is 12.1. The SMILES string of the molecule is C=CC(=O)C(C)NCC1CCC(C(=O)NCCCCC)CC1. The maximum Gasteiger partial charge on any atom is 0.223 e. The van der Waals surface area contributed by atoms with Crippen LogP contribution in [0.3, 0.4) is 0 Å². The Kier molecular flexibility index (Phi) is 9.05. The van der Waals surface area contributed by atoms with Crippen LogP contribution in [-0.4, -0.2) is 30.8 Å². The summed E-state index contributed by atoms with van der Waals surface area (Å²) in [4.78, 5) is 23.5. The number of ketones is 1. The zero-order valence-corrected chi connectivity index (χ0v) is 14.2. The van der Waals surface area contributed by atoms with Crippen molar-refractivity contribution in [1.82, 2.24) is 10.6 Å². The monoisotopic (exact) mass is 308 g/mol. The summed E-state index contributed by atoms with van der Waals surface area (Å²) in [7, 11) is 0. The molecule has 1 saturated carbocycles. The summed E-state index contributed by atoms with van der Waals surface area (Å²) in [5.41, 5.74) is 0. The number of unbranched alkanes of at least 4 members (excludes halogenated alkanes) is 2. The van der Waals surface area contributed by atoms with Gasteiger partial charge in [0.1, 0.15) is 0 Å². The molecule has 0 spiro atoms. The molecule has 0 aromatic rings. The van der Waals surface area contributed by atoms with Gasteiger partial charge >= 0.3 is 0 Å². The highest BCUT2D eigenvalue weighted by Crippen LogP contribution is 2.28. The molecule has 126 valence electrons. The van der Waals surface area contributed by atoms with Gasteiger partial charge in [-0.2, -0.15) is 0 Å². The van der Waals surface area contributed by atoms with E-state index in [4.69, 9.17) is 0 Å². The highest BCUT2D eigenvalue weighted by molar-refractivity contribution is 5.93. The normalized spacial score (nSPS) is 22.8. The molecule has 1 aliphatic rings. The first-order valence-corrected chi connectivity index (χ1v) is 8.75. The number of carbonyl (C=O) groups excluding carboxylic acids is 2. The molecule has 0 heterocycles. The van der Waals surface area contributed by atoms with Gasteiger partial charge < -0.3 is 10.6 Å². The average molecular weight is 308 g/mol. The fourth-order valence-electron chi connectivity index (χ4n) is 2.98. The van der Waals surface area contributed by atoms with Gasteiger partial charge in [0.2, 0.25) is 5.91 Å². The van der Waals surface area contributed by atoms with E-state index in [-0.39, 0.29) is 23.7 Å². The number of hydrogen-bond acceptors (Lipinski definition) is 3. The summed E-state index contributed by atoms with van der Waals surface area (Å²) in [6, 6.07) is -0.155. The molecule has 1 unspecified atom stereocenters. The van der Waals surface area contributed by atoms with Crippen LogP contribution in [0.5, 0.6) is 0 Å². The second-order valence-corrected chi connectivity index (χ2v) is 6.45. The summed E-state index contributed by atoms with van der Waals surface area (Å²) in [5, 5.41) is 6.34. The standard InChI is InChI=1S/C18H32N2O2/c1-4-6-7-12-19-18(22)16-10-8-15(9-11-16)13-20-14(3)17(21)5-2/h5,14-16,20H,2,4,6-13H2,1,3H3,(H,19,22). The lowest BCUT2D eigenvalue weighted by Gasteiger charge is -2.28.